The highest BCUT2D eigenvalue weighted by Gasteiger charge is 2.30. The number of hydrogen-bond acceptors (Lipinski definition) is 6. The second-order valence-corrected chi connectivity index (χ2v) is 6.53. The van der Waals surface area contributed by atoms with Crippen molar-refractivity contribution in [3.63, 3.8) is 0 Å². The van der Waals surface area contributed by atoms with Crippen LogP contribution in [0.4, 0.5) is 4.39 Å². The fourth-order valence-electron chi connectivity index (χ4n) is 2.85. The van der Waals surface area contributed by atoms with E-state index in [2.05, 4.69) is 9.59 Å². The summed E-state index contributed by atoms with van der Waals surface area (Å²) in [6, 6.07) is 5.81. The molecular formula is C17H18FN3O3S. The normalized spacial score (nSPS) is 15.2. The fraction of sp³-hybridized carbons (Fsp3) is 0.412. The molecule has 6 nitrogen and oxygen atoms in total. The number of ether oxygens (including phenoxy) is 1. The van der Waals surface area contributed by atoms with E-state index in [0.717, 1.165) is 11.5 Å². The molecule has 0 spiro atoms. The minimum atomic E-state index is -0.346. The number of aromatic nitrogens is 2. The minimum absolute atomic E-state index is 0.153. The predicted octanol–water partition coefficient (Wildman–Crippen LogP) is 2.76. The molecule has 132 valence electrons. The lowest BCUT2D eigenvalue weighted by atomic mass is 9.97. The van der Waals surface area contributed by atoms with Crippen molar-refractivity contribution in [2.24, 2.45) is 5.92 Å². The number of halogens is 1. The molecule has 0 bridgehead atoms. The van der Waals surface area contributed by atoms with Crippen molar-refractivity contribution < 1.29 is 18.7 Å². The van der Waals surface area contributed by atoms with E-state index >= 15 is 0 Å². The summed E-state index contributed by atoms with van der Waals surface area (Å²) >= 11 is 1.03. The predicted molar refractivity (Wildman–Crippen MR) is 90.6 cm³/mol. The lowest BCUT2D eigenvalue weighted by molar-refractivity contribution is -0.149. The van der Waals surface area contributed by atoms with E-state index in [1.54, 1.807) is 24.0 Å². The molecular weight excluding hydrogens is 345 g/mol. The average Bonchev–Trinajstić information content (AvgIpc) is 3.12. The highest BCUT2D eigenvalue weighted by Crippen LogP contribution is 2.27. The molecule has 1 aromatic heterocycles. The van der Waals surface area contributed by atoms with Crippen molar-refractivity contribution in [2.45, 2.75) is 19.8 Å². The first-order valence-electron chi connectivity index (χ1n) is 8.14. The molecule has 0 saturated carbocycles. The van der Waals surface area contributed by atoms with Gasteiger partial charge >= 0.3 is 5.97 Å². The van der Waals surface area contributed by atoms with Crippen molar-refractivity contribution >= 4 is 23.4 Å². The van der Waals surface area contributed by atoms with Gasteiger partial charge in [-0.05, 0) is 55.6 Å². The second-order valence-electron chi connectivity index (χ2n) is 5.78. The van der Waals surface area contributed by atoms with Crippen LogP contribution < -0.4 is 0 Å². The van der Waals surface area contributed by atoms with Crippen LogP contribution in [-0.2, 0) is 9.53 Å². The van der Waals surface area contributed by atoms with Crippen LogP contribution in [-0.4, -0.2) is 46.1 Å². The Morgan fingerprint density at radius 2 is 1.96 bits per heavy atom. The first kappa shape index (κ1) is 17.5. The van der Waals surface area contributed by atoms with Gasteiger partial charge in [0.05, 0.1) is 12.5 Å². The Labute approximate surface area is 148 Å². The van der Waals surface area contributed by atoms with Gasteiger partial charge in [-0.25, -0.2) is 4.39 Å². The Bertz CT molecular complexity index is 755. The maximum atomic E-state index is 13.1. The molecule has 1 aliphatic heterocycles. The van der Waals surface area contributed by atoms with Gasteiger partial charge in [-0.2, -0.15) is 0 Å². The zero-order valence-corrected chi connectivity index (χ0v) is 14.6. The zero-order valence-electron chi connectivity index (χ0n) is 13.8. The summed E-state index contributed by atoms with van der Waals surface area (Å²) in [5, 5.41) is 4.02. The van der Waals surface area contributed by atoms with Crippen LogP contribution in [0.15, 0.2) is 24.3 Å². The van der Waals surface area contributed by atoms with E-state index in [-0.39, 0.29) is 23.6 Å². The first-order valence-corrected chi connectivity index (χ1v) is 8.91. The second kappa shape index (κ2) is 7.69. The maximum absolute atomic E-state index is 13.1. The van der Waals surface area contributed by atoms with Crippen LogP contribution in [0.25, 0.3) is 11.3 Å². The lowest BCUT2D eigenvalue weighted by Gasteiger charge is -2.30. The molecule has 8 heteroatoms. The average molecular weight is 363 g/mol. The Morgan fingerprint density at radius 3 is 2.60 bits per heavy atom. The number of rotatable bonds is 4. The molecule has 0 aliphatic carbocycles. The first-order chi connectivity index (χ1) is 12.1. The number of piperidine rings is 1. The Kier molecular flexibility index (Phi) is 5.37. The van der Waals surface area contributed by atoms with Gasteiger partial charge in [0.2, 0.25) is 0 Å². The quantitative estimate of drug-likeness (QED) is 0.781. The monoisotopic (exact) mass is 363 g/mol. The van der Waals surface area contributed by atoms with Gasteiger partial charge < -0.3 is 9.64 Å². The van der Waals surface area contributed by atoms with Gasteiger partial charge in [-0.15, -0.1) is 5.10 Å². The number of nitrogens with zero attached hydrogens (tertiary/aromatic N) is 3. The van der Waals surface area contributed by atoms with Crippen LogP contribution in [0, 0.1) is 11.7 Å². The number of carbonyl (C=O) groups is 2. The third-order valence-electron chi connectivity index (χ3n) is 4.20. The van der Waals surface area contributed by atoms with Crippen molar-refractivity contribution in [1.29, 1.82) is 0 Å². The number of esters is 1. The maximum Gasteiger partial charge on any atom is 0.309 e. The third kappa shape index (κ3) is 3.84. The van der Waals surface area contributed by atoms with Crippen LogP contribution >= 0.6 is 11.5 Å². The summed E-state index contributed by atoms with van der Waals surface area (Å²) in [7, 11) is 0. The van der Waals surface area contributed by atoms with Gasteiger partial charge in [0.15, 0.2) is 0 Å². The van der Waals surface area contributed by atoms with Gasteiger partial charge in [0.1, 0.15) is 16.4 Å². The Hall–Kier alpha value is -2.35. The van der Waals surface area contributed by atoms with Gasteiger partial charge in [0.25, 0.3) is 5.91 Å². The molecule has 3 rings (SSSR count). The smallest absolute Gasteiger partial charge is 0.309 e. The zero-order chi connectivity index (χ0) is 17.8. The van der Waals surface area contributed by atoms with Crippen LogP contribution in [0.3, 0.4) is 0 Å². The van der Waals surface area contributed by atoms with Crippen molar-refractivity contribution in [3.8, 4) is 11.3 Å². The van der Waals surface area contributed by atoms with Crippen molar-refractivity contribution in [3.05, 3.63) is 35.0 Å². The van der Waals surface area contributed by atoms with E-state index in [9.17, 15) is 14.0 Å². The molecule has 2 heterocycles. The lowest BCUT2D eigenvalue weighted by Crippen LogP contribution is -2.40. The van der Waals surface area contributed by atoms with Gasteiger partial charge in [-0.1, -0.05) is 4.49 Å². The third-order valence-corrected chi connectivity index (χ3v) is 4.92. The molecule has 0 atom stereocenters. The number of hydrogen-bond donors (Lipinski definition) is 0. The summed E-state index contributed by atoms with van der Waals surface area (Å²) in [6.07, 6.45) is 1.17. The van der Waals surface area contributed by atoms with Gasteiger partial charge in [-0.3, -0.25) is 9.59 Å². The summed E-state index contributed by atoms with van der Waals surface area (Å²) in [5.74, 6) is -0.848. The molecule has 1 saturated heterocycles. The molecule has 1 fully saturated rings. The highest BCUT2D eigenvalue weighted by atomic mass is 32.1. The standard InChI is InChI=1S/C17H18FN3O3S/c1-2-24-17(23)12-7-9-21(10-8-12)16(22)15-14(19-20-25-15)11-3-5-13(18)6-4-11/h3-6,12H,2,7-10H2,1H3. The minimum Gasteiger partial charge on any atom is -0.466 e. The number of likely N-dealkylation sites (tertiary alicyclic amines) is 1. The topological polar surface area (TPSA) is 72.4 Å². The molecule has 0 radical (unpaired) electrons. The molecule has 2 aromatic rings. The summed E-state index contributed by atoms with van der Waals surface area (Å²) < 4.78 is 22.0. The van der Waals surface area contributed by atoms with Crippen molar-refractivity contribution in [2.75, 3.05) is 19.7 Å². The number of benzene rings is 1. The molecule has 0 N–H and O–H groups in total. The Balaban J connectivity index is 1.70. The molecule has 1 aromatic carbocycles. The molecule has 1 aliphatic rings. The highest BCUT2D eigenvalue weighted by molar-refractivity contribution is 7.08. The van der Waals surface area contributed by atoms with Crippen molar-refractivity contribution in [1.82, 2.24) is 14.5 Å². The van der Waals surface area contributed by atoms with E-state index in [1.165, 1.54) is 12.1 Å². The number of amides is 1. The Morgan fingerprint density at radius 1 is 1.28 bits per heavy atom. The summed E-state index contributed by atoms with van der Waals surface area (Å²) in [6.45, 7) is 3.13. The molecule has 25 heavy (non-hydrogen) atoms. The largest absolute Gasteiger partial charge is 0.466 e. The van der Waals surface area contributed by atoms with E-state index in [0.29, 0.717) is 48.7 Å². The van der Waals surface area contributed by atoms with Gasteiger partial charge in [0, 0.05) is 18.7 Å². The molecule has 0 unspecified atom stereocenters. The van der Waals surface area contributed by atoms with E-state index in [4.69, 9.17) is 4.74 Å². The molecule has 1 amide bonds. The van der Waals surface area contributed by atoms with E-state index in [1.807, 2.05) is 0 Å². The SMILES string of the molecule is CCOC(=O)C1CCN(C(=O)c2snnc2-c2ccc(F)cc2)CC1. The summed E-state index contributed by atoms with van der Waals surface area (Å²) in [5.41, 5.74) is 1.11. The summed E-state index contributed by atoms with van der Waals surface area (Å²) in [4.78, 5) is 26.7. The van der Waals surface area contributed by atoms with Crippen LogP contribution in [0.1, 0.15) is 29.4 Å². The fourth-order valence-corrected chi connectivity index (χ4v) is 3.51. The van der Waals surface area contributed by atoms with E-state index < -0.39 is 0 Å². The van der Waals surface area contributed by atoms with Crippen LogP contribution in [0.2, 0.25) is 0 Å². The number of carbonyl (C=O) groups excluding carboxylic acids is 2. The van der Waals surface area contributed by atoms with Crippen LogP contribution in [0.5, 0.6) is 0 Å².